The van der Waals surface area contributed by atoms with E-state index in [1.54, 1.807) is 29.0 Å². The number of hydrogen-bond acceptors (Lipinski definition) is 7. The maximum atomic E-state index is 15.5. The molecule has 240 valence electrons. The Morgan fingerprint density at radius 3 is 2.54 bits per heavy atom. The van der Waals surface area contributed by atoms with E-state index in [0.717, 1.165) is 0 Å². The number of amides is 1. The molecule has 2 N–H and O–H groups in total. The number of piperazine rings is 1. The third-order valence-corrected chi connectivity index (χ3v) is 8.93. The summed E-state index contributed by atoms with van der Waals surface area (Å²) in [7, 11) is 0. The van der Waals surface area contributed by atoms with E-state index < -0.39 is 40.0 Å². The van der Waals surface area contributed by atoms with Crippen LogP contribution in [0, 0.1) is 18.3 Å². The van der Waals surface area contributed by atoms with Gasteiger partial charge in [0.25, 0.3) is 5.56 Å². The highest BCUT2D eigenvalue weighted by Gasteiger charge is 2.39. The highest BCUT2D eigenvalue weighted by Crippen LogP contribution is 2.44. The van der Waals surface area contributed by atoms with Gasteiger partial charge in [0.2, 0.25) is 5.91 Å². The van der Waals surface area contributed by atoms with Gasteiger partial charge in [-0.05, 0) is 43.5 Å². The Morgan fingerprint density at radius 2 is 1.93 bits per heavy atom. The third-order valence-electron chi connectivity index (χ3n) is 8.27. The van der Waals surface area contributed by atoms with Gasteiger partial charge in [-0.15, -0.1) is 0 Å². The fourth-order valence-corrected chi connectivity index (χ4v) is 6.52. The lowest BCUT2D eigenvalue weighted by Crippen LogP contribution is -2.54. The fourth-order valence-electron chi connectivity index (χ4n) is 5.99. The molecule has 9 nitrogen and oxygen atoms in total. The number of allylic oxidation sites excluding steroid dienone is 2. The van der Waals surface area contributed by atoms with Gasteiger partial charge >= 0.3 is 0 Å². The molecular weight excluding hydrogens is 642 g/mol. The lowest BCUT2D eigenvalue weighted by molar-refractivity contribution is -0.128. The average molecular weight is 673 g/mol. The molecule has 0 aromatic carbocycles. The Morgan fingerprint density at radius 1 is 1.24 bits per heavy atom. The first-order valence-corrected chi connectivity index (χ1v) is 15.2. The lowest BCUT2D eigenvalue weighted by atomic mass is 9.96. The van der Waals surface area contributed by atoms with Gasteiger partial charge in [0, 0.05) is 37.3 Å². The summed E-state index contributed by atoms with van der Waals surface area (Å²) in [5, 5.41) is 9.56. The van der Waals surface area contributed by atoms with Crippen LogP contribution in [-0.4, -0.2) is 63.2 Å². The molecule has 1 saturated heterocycles. The van der Waals surface area contributed by atoms with Crippen LogP contribution in [0.5, 0.6) is 0 Å². The minimum atomic E-state index is -2.52. The summed E-state index contributed by atoms with van der Waals surface area (Å²) in [6.07, 6.45) is 0.293. The van der Waals surface area contributed by atoms with E-state index in [4.69, 9.17) is 28.9 Å². The van der Waals surface area contributed by atoms with Crippen molar-refractivity contribution in [2.45, 2.75) is 51.9 Å². The van der Waals surface area contributed by atoms with Crippen molar-refractivity contribution in [3.63, 3.8) is 0 Å². The molecule has 2 unspecified atom stereocenters. The van der Waals surface area contributed by atoms with Crippen molar-refractivity contribution in [1.29, 1.82) is 5.26 Å². The van der Waals surface area contributed by atoms with Crippen LogP contribution in [0.15, 0.2) is 52.5 Å². The molecule has 46 heavy (non-hydrogen) atoms. The number of carbonyl (C=O) groups excluding carboxylic acids is 1. The number of halogens is 5. The van der Waals surface area contributed by atoms with Crippen molar-refractivity contribution in [3.8, 4) is 11.8 Å². The molecule has 3 atom stereocenters. The number of rotatable bonds is 5. The van der Waals surface area contributed by atoms with E-state index in [0.29, 0.717) is 16.9 Å². The summed E-state index contributed by atoms with van der Waals surface area (Å²) in [4.78, 5) is 39.4. The zero-order valence-corrected chi connectivity index (χ0v) is 26.9. The zero-order chi connectivity index (χ0) is 33.8. The lowest BCUT2D eigenvalue weighted by Gasteiger charge is -2.41. The van der Waals surface area contributed by atoms with Crippen molar-refractivity contribution in [1.82, 2.24) is 19.4 Å². The third kappa shape index (κ3) is 5.26. The second kappa shape index (κ2) is 12.5. The van der Waals surface area contributed by atoms with Gasteiger partial charge in [-0.1, -0.05) is 43.6 Å². The Labute approximate surface area is 273 Å². The molecular formula is C32H30Cl2F3N7O2. The van der Waals surface area contributed by atoms with Crippen LogP contribution >= 0.6 is 23.2 Å². The summed E-state index contributed by atoms with van der Waals surface area (Å²) in [6, 6.07) is 2.78. The number of nitrogens with zero attached hydrogens (tertiary/aromatic N) is 6. The van der Waals surface area contributed by atoms with Crippen LogP contribution in [0.2, 0.25) is 5.02 Å². The maximum Gasteiger partial charge on any atom is 0.276 e. The summed E-state index contributed by atoms with van der Waals surface area (Å²) in [5.41, 5.74) is 5.29. The smallest absolute Gasteiger partial charge is 0.276 e. The number of anilines is 1. The van der Waals surface area contributed by atoms with Crippen LogP contribution in [0.25, 0.3) is 22.3 Å². The van der Waals surface area contributed by atoms with Gasteiger partial charge in [-0.25, -0.2) is 18.2 Å². The van der Waals surface area contributed by atoms with E-state index >= 15 is 4.39 Å². The molecule has 0 spiro atoms. The zero-order valence-electron chi connectivity index (χ0n) is 25.4. The van der Waals surface area contributed by atoms with E-state index in [2.05, 4.69) is 22.6 Å². The molecule has 1 aliphatic carbocycles. The molecule has 1 fully saturated rings. The van der Waals surface area contributed by atoms with E-state index in [1.165, 1.54) is 16.7 Å². The first kappa shape index (κ1) is 33.2. The molecule has 0 bridgehead atoms. The second-order valence-corrected chi connectivity index (χ2v) is 12.3. The van der Waals surface area contributed by atoms with E-state index in [9.17, 15) is 23.6 Å². The van der Waals surface area contributed by atoms with Crippen molar-refractivity contribution < 1.29 is 18.0 Å². The molecule has 1 aliphatic heterocycles. The van der Waals surface area contributed by atoms with Crippen LogP contribution in [-0.2, 0) is 4.79 Å². The molecule has 0 radical (unpaired) electrons. The minimum Gasteiger partial charge on any atom is -0.366 e. The minimum absolute atomic E-state index is 0.0604. The Balaban J connectivity index is 1.91. The molecule has 1 amide bonds. The monoisotopic (exact) mass is 671 g/mol. The predicted octanol–water partition coefficient (Wildman–Crippen LogP) is 5.74. The topological polar surface area (TPSA) is 121 Å². The van der Waals surface area contributed by atoms with Gasteiger partial charge < -0.3 is 15.5 Å². The SMILES string of the molecule is C=CC(=O)N1CCN(c2c(C#N)c(=O)n(-c3c(C)ccnc3C(C)C)c3nc(C4=C(F)C(N)C(F)C(F)=C4Cl)c(Cl)cc23)C[C@H]1C. The number of aryl methyl sites for hydroxylation is 1. The number of hydrogen-bond donors (Lipinski definition) is 1. The predicted molar refractivity (Wildman–Crippen MR) is 172 cm³/mol. The number of carbonyl (C=O) groups is 1. The maximum absolute atomic E-state index is 15.5. The number of pyridine rings is 3. The standard InChI is InChI=1S/C32H30Cl2F3N7O2/c1-6-20(45)43-10-9-42(13-16(43)5)30-17-11-19(33)28(21-22(34)24(36)25(37)26(39)23(21)35)41-31(17)44(32(46)18(30)12-38)29-15(4)7-8-40-27(29)14(2)3/h6-8,11,14,16,25-26H,1,9-10,13,39H2,2-5H3/t16-,25?,26?/m1/s1. The molecule has 2 aliphatic rings. The Kier molecular flexibility index (Phi) is 9.05. The number of nitriles is 1. The highest BCUT2D eigenvalue weighted by atomic mass is 35.5. The first-order valence-electron chi connectivity index (χ1n) is 14.4. The molecule has 3 aromatic heterocycles. The van der Waals surface area contributed by atoms with Crippen LogP contribution in [0.1, 0.15) is 49.2 Å². The largest absolute Gasteiger partial charge is 0.366 e. The quantitative estimate of drug-likeness (QED) is 0.343. The Hall–Kier alpha value is -4.18. The molecule has 5 rings (SSSR count). The number of fused-ring (bicyclic) bond motifs is 1. The molecule has 14 heteroatoms. The fraction of sp³-hybridized carbons (Fsp3) is 0.344. The average Bonchev–Trinajstić information content (AvgIpc) is 3.02. The van der Waals surface area contributed by atoms with Crippen molar-refractivity contribution in [2.24, 2.45) is 5.73 Å². The summed E-state index contributed by atoms with van der Waals surface area (Å²) in [5.74, 6) is -3.20. The first-order chi connectivity index (χ1) is 21.7. The molecule has 3 aromatic rings. The molecule has 4 heterocycles. The van der Waals surface area contributed by atoms with Crippen molar-refractivity contribution >= 4 is 51.4 Å². The van der Waals surface area contributed by atoms with Gasteiger partial charge in [0.05, 0.1) is 44.4 Å². The van der Waals surface area contributed by atoms with Gasteiger partial charge in [-0.2, -0.15) is 5.26 Å². The second-order valence-electron chi connectivity index (χ2n) is 11.5. The number of aromatic nitrogens is 3. The van der Waals surface area contributed by atoms with Crippen LogP contribution < -0.4 is 16.2 Å². The van der Waals surface area contributed by atoms with Crippen molar-refractivity contribution in [3.05, 3.63) is 85.6 Å². The normalized spacial score (nSPS) is 20.5. The Bertz CT molecular complexity index is 1970. The van der Waals surface area contributed by atoms with Crippen molar-refractivity contribution in [2.75, 3.05) is 24.5 Å². The number of nitrogens with two attached hydrogens (primary N) is 1. The highest BCUT2D eigenvalue weighted by molar-refractivity contribution is 6.39. The summed E-state index contributed by atoms with van der Waals surface area (Å²) >= 11 is 12.8. The summed E-state index contributed by atoms with van der Waals surface area (Å²) in [6.45, 7) is 11.6. The van der Waals surface area contributed by atoms with E-state index in [1.807, 2.05) is 20.8 Å². The van der Waals surface area contributed by atoms with Crippen LogP contribution in [0.4, 0.5) is 18.9 Å². The van der Waals surface area contributed by atoms with Gasteiger partial charge in [0.15, 0.2) is 12.0 Å². The van der Waals surface area contributed by atoms with Gasteiger partial charge in [0.1, 0.15) is 23.1 Å². The van der Waals surface area contributed by atoms with E-state index in [-0.39, 0.29) is 70.5 Å². The van der Waals surface area contributed by atoms with Gasteiger partial charge in [-0.3, -0.25) is 19.1 Å². The molecule has 0 saturated carbocycles. The number of alkyl halides is 1. The summed E-state index contributed by atoms with van der Waals surface area (Å²) < 4.78 is 46.0. The van der Waals surface area contributed by atoms with Crippen LogP contribution in [0.3, 0.4) is 0 Å².